The van der Waals surface area contributed by atoms with Crippen molar-refractivity contribution in [1.82, 2.24) is 4.98 Å². The lowest BCUT2D eigenvalue weighted by Crippen LogP contribution is -2.12. The lowest BCUT2D eigenvalue weighted by atomic mass is 10.2. The Hall–Kier alpha value is -2.60. The monoisotopic (exact) mass is 328 g/mol. The number of ether oxygens (including phenoxy) is 2. The average Bonchev–Trinajstić information content (AvgIpc) is 2.97. The molecule has 0 aliphatic heterocycles. The van der Waals surface area contributed by atoms with Crippen molar-refractivity contribution in [3.8, 4) is 11.5 Å². The topological polar surface area (TPSA) is 60.5 Å². The zero-order chi connectivity index (χ0) is 16.2. The summed E-state index contributed by atoms with van der Waals surface area (Å²) in [5.41, 5.74) is 1.37. The second-order valence-corrected chi connectivity index (χ2v) is 5.77. The van der Waals surface area contributed by atoms with Gasteiger partial charge in [0.15, 0.2) is 16.6 Å². The lowest BCUT2D eigenvalue weighted by molar-refractivity contribution is 0.102. The number of benzene rings is 2. The van der Waals surface area contributed by atoms with Gasteiger partial charge in [0.05, 0.1) is 23.9 Å². The van der Waals surface area contributed by atoms with Gasteiger partial charge in [0.2, 0.25) is 0 Å². The maximum Gasteiger partial charge on any atom is 0.257 e. The van der Waals surface area contributed by atoms with E-state index in [2.05, 4.69) is 10.3 Å². The van der Waals surface area contributed by atoms with Crippen LogP contribution >= 0.6 is 11.3 Å². The Balaban J connectivity index is 1.83. The highest BCUT2D eigenvalue weighted by Gasteiger charge is 2.13. The third-order valence-electron chi connectivity index (χ3n) is 3.24. The molecular weight excluding hydrogens is 312 g/mol. The van der Waals surface area contributed by atoms with E-state index in [0.29, 0.717) is 28.8 Å². The molecule has 1 heterocycles. The highest BCUT2D eigenvalue weighted by Crippen LogP contribution is 2.29. The smallest absolute Gasteiger partial charge is 0.257 e. The minimum Gasteiger partial charge on any atom is -0.493 e. The average molecular weight is 328 g/mol. The first-order valence-electron chi connectivity index (χ1n) is 7.19. The third kappa shape index (κ3) is 3.27. The minimum atomic E-state index is -0.229. The number of carbonyl (C=O) groups is 1. The molecule has 0 atom stereocenters. The molecule has 23 heavy (non-hydrogen) atoms. The Morgan fingerprint density at radius 3 is 2.78 bits per heavy atom. The molecule has 2 aromatic carbocycles. The molecule has 1 N–H and O–H groups in total. The van der Waals surface area contributed by atoms with E-state index < -0.39 is 0 Å². The number of amides is 1. The number of nitrogens with one attached hydrogen (secondary N) is 1. The summed E-state index contributed by atoms with van der Waals surface area (Å²) < 4.78 is 11.8. The Kier molecular flexibility index (Phi) is 4.43. The highest BCUT2D eigenvalue weighted by molar-refractivity contribution is 7.22. The second-order valence-electron chi connectivity index (χ2n) is 4.74. The van der Waals surface area contributed by atoms with Gasteiger partial charge in [-0.1, -0.05) is 23.5 Å². The van der Waals surface area contributed by atoms with Crippen molar-refractivity contribution in [2.75, 3.05) is 19.0 Å². The molecule has 0 aliphatic carbocycles. The van der Waals surface area contributed by atoms with E-state index in [4.69, 9.17) is 9.47 Å². The first-order valence-corrected chi connectivity index (χ1v) is 8.00. The van der Waals surface area contributed by atoms with Crippen LogP contribution in [0.1, 0.15) is 17.3 Å². The number of thiazole rings is 1. The van der Waals surface area contributed by atoms with Gasteiger partial charge < -0.3 is 9.47 Å². The van der Waals surface area contributed by atoms with Crippen molar-refractivity contribution in [1.29, 1.82) is 0 Å². The predicted octanol–water partition coefficient (Wildman–Crippen LogP) is 3.96. The Morgan fingerprint density at radius 1 is 1.22 bits per heavy atom. The highest BCUT2D eigenvalue weighted by atomic mass is 32.1. The van der Waals surface area contributed by atoms with E-state index in [-0.39, 0.29) is 5.91 Å². The second kappa shape index (κ2) is 6.66. The standard InChI is InChI=1S/C17H16N2O3S/c1-3-22-14-10-11(8-9-13(14)21-2)16(20)19-17-18-12-6-4-5-7-15(12)23-17/h4-10H,3H2,1-2H3,(H,18,19,20). The van der Waals surface area contributed by atoms with Crippen molar-refractivity contribution in [3.05, 3.63) is 48.0 Å². The normalized spacial score (nSPS) is 10.5. The molecule has 3 aromatic rings. The summed E-state index contributed by atoms with van der Waals surface area (Å²) in [6.45, 7) is 2.38. The van der Waals surface area contributed by atoms with E-state index in [0.717, 1.165) is 10.2 Å². The summed E-state index contributed by atoms with van der Waals surface area (Å²) in [4.78, 5) is 16.8. The predicted molar refractivity (Wildman–Crippen MR) is 91.7 cm³/mol. The van der Waals surface area contributed by atoms with E-state index in [9.17, 15) is 4.79 Å². The largest absolute Gasteiger partial charge is 0.493 e. The summed E-state index contributed by atoms with van der Waals surface area (Å²) in [5, 5.41) is 3.40. The lowest BCUT2D eigenvalue weighted by Gasteiger charge is -2.10. The molecule has 0 aliphatic rings. The Morgan fingerprint density at radius 2 is 2.04 bits per heavy atom. The molecule has 3 rings (SSSR count). The van der Waals surface area contributed by atoms with Gasteiger partial charge in [-0.3, -0.25) is 10.1 Å². The third-order valence-corrected chi connectivity index (χ3v) is 4.19. The Bertz CT molecular complexity index is 812. The molecule has 1 aromatic heterocycles. The van der Waals surface area contributed by atoms with Gasteiger partial charge in [0.25, 0.3) is 5.91 Å². The van der Waals surface area contributed by atoms with Crippen LogP contribution in [0.15, 0.2) is 42.5 Å². The number of hydrogen-bond donors (Lipinski definition) is 1. The molecule has 0 saturated heterocycles. The van der Waals surface area contributed by atoms with Crippen molar-refractivity contribution in [3.63, 3.8) is 0 Å². The van der Waals surface area contributed by atoms with Crippen LogP contribution in [-0.4, -0.2) is 24.6 Å². The number of fused-ring (bicyclic) bond motifs is 1. The van der Waals surface area contributed by atoms with Crippen molar-refractivity contribution < 1.29 is 14.3 Å². The number of methoxy groups -OCH3 is 1. The minimum absolute atomic E-state index is 0.229. The van der Waals surface area contributed by atoms with Gasteiger partial charge >= 0.3 is 0 Å². The van der Waals surface area contributed by atoms with Crippen molar-refractivity contribution >= 4 is 32.6 Å². The van der Waals surface area contributed by atoms with E-state index in [1.807, 2.05) is 31.2 Å². The maximum absolute atomic E-state index is 12.4. The van der Waals surface area contributed by atoms with Crippen LogP contribution < -0.4 is 14.8 Å². The molecule has 0 saturated carbocycles. The molecule has 0 bridgehead atoms. The number of para-hydroxylation sites is 1. The summed E-state index contributed by atoms with van der Waals surface area (Å²) in [7, 11) is 1.57. The zero-order valence-electron chi connectivity index (χ0n) is 12.8. The summed E-state index contributed by atoms with van der Waals surface area (Å²) in [6, 6.07) is 12.9. The van der Waals surface area contributed by atoms with Crippen LogP contribution in [-0.2, 0) is 0 Å². The van der Waals surface area contributed by atoms with Gasteiger partial charge in [-0.2, -0.15) is 0 Å². The van der Waals surface area contributed by atoms with Crippen LogP contribution in [0.4, 0.5) is 5.13 Å². The summed E-state index contributed by atoms with van der Waals surface area (Å²) in [5.74, 6) is 0.919. The number of anilines is 1. The first-order chi connectivity index (χ1) is 11.2. The van der Waals surface area contributed by atoms with Crippen LogP contribution in [0.5, 0.6) is 11.5 Å². The molecule has 1 amide bonds. The van der Waals surface area contributed by atoms with Crippen LogP contribution in [0, 0.1) is 0 Å². The Labute approximate surface area is 137 Å². The van der Waals surface area contributed by atoms with Crippen LogP contribution in [0.3, 0.4) is 0 Å². The van der Waals surface area contributed by atoms with Gasteiger partial charge in [0.1, 0.15) is 0 Å². The van der Waals surface area contributed by atoms with E-state index in [1.54, 1.807) is 25.3 Å². The quantitative estimate of drug-likeness (QED) is 0.770. The molecule has 118 valence electrons. The number of nitrogens with zero attached hydrogens (tertiary/aromatic N) is 1. The van der Waals surface area contributed by atoms with Gasteiger partial charge in [-0.25, -0.2) is 4.98 Å². The fraction of sp³-hybridized carbons (Fsp3) is 0.176. The summed E-state index contributed by atoms with van der Waals surface area (Å²) >= 11 is 1.44. The SMILES string of the molecule is CCOc1cc(C(=O)Nc2nc3ccccc3s2)ccc1OC. The zero-order valence-corrected chi connectivity index (χ0v) is 13.6. The van der Waals surface area contributed by atoms with E-state index in [1.165, 1.54) is 11.3 Å². The van der Waals surface area contributed by atoms with Crippen molar-refractivity contribution in [2.24, 2.45) is 0 Å². The fourth-order valence-corrected chi connectivity index (χ4v) is 3.04. The number of aromatic nitrogens is 1. The molecule has 0 radical (unpaired) electrons. The fourth-order valence-electron chi connectivity index (χ4n) is 2.18. The molecule has 5 nitrogen and oxygen atoms in total. The number of carbonyl (C=O) groups excluding carboxylic acids is 1. The van der Waals surface area contributed by atoms with Gasteiger partial charge in [-0.05, 0) is 37.3 Å². The molecule has 0 spiro atoms. The number of rotatable bonds is 5. The van der Waals surface area contributed by atoms with Crippen LogP contribution in [0.2, 0.25) is 0 Å². The maximum atomic E-state index is 12.4. The van der Waals surface area contributed by atoms with E-state index >= 15 is 0 Å². The molecule has 6 heteroatoms. The van der Waals surface area contributed by atoms with Gasteiger partial charge in [-0.15, -0.1) is 0 Å². The molecular formula is C17H16N2O3S. The molecule has 0 fully saturated rings. The van der Waals surface area contributed by atoms with Crippen molar-refractivity contribution in [2.45, 2.75) is 6.92 Å². The number of hydrogen-bond acceptors (Lipinski definition) is 5. The van der Waals surface area contributed by atoms with Crippen LogP contribution in [0.25, 0.3) is 10.2 Å². The first kappa shape index (κ1) is 15.3. The van der Waals surface area contributed by atoms with Gasteiger partial charge in [0, 0.05) is 5.56 Å². The summed E-state index contributed by atoms with van der Waals surface area (Å²) in [6.07, 6.45) is 0. The molecule has 0 unspecified atom stereocenters.